The fourth-order valence-corrected chi connectivity index (χ4v) is 3.60. The summed E-state index contributed by atoms with van der Waals surface area (Å²) >= 11 is 0. The van der Waals surface area contributed by atoms with Gasteiger partial charge in [-0.05, 0) is 48.4 Å². The van der Waals surface area contributed by atoms with Crippen LogP contribution < -0.4 is 5.32 Å². The van der Waals surface area contributed by atoms with Gasteiger partial charge in [0.2, 0.25) is 5.91 Å². The van der Waals surface area contributed by atoms with Crippen LogP contribution in [0.25, 0.3) is 0 Å². The van der Waals surface area contributed by atoms with Crippen LogP contribution in [0.1, 0.15) is 39.6 Å². The van der Waals surface area contributed by atoms with Crippen molar-refractivity contribution in [2.45, 2.75) is 25.9 Å². The van der Waals surface area contributed by atoms with Gasteiger partial charge in [0.25, 0.3) is 5.91 Å². The lowest BCUT2D eigenvalue weighted by atomic mass is 10.0. The van der Waals surface area contributed by atoms with E-state index >= 15 is 0 Å². The highest BCUT2D eigenvalue weighted by atomic mass is 19.1. The minimum atomic E-state index is -0.514. The van der Waals surface area contributed by atoms with Gasteiger partial charge in [0.05, 0.1) is 12.5 Å². The number of carbonyl (C=O) groups excluding carboxylic acids is 2. The van der Waals surface area contributed by atoms with Gasteiger partial charge >= 0.3 is 0 Å². The third-order valence-electron chi connectivity index (χ3n) is 5.01. The number of halogens is 1. The van der Waals surface area contributed by atoms with Crippen LogP contribution in [-0.2, 0) is 11.3 Å². The summed E-state index contributed by atoms with van der Waals surface area (Å²) in [5.74, 6) is -0.293. The van der Waals surface area contributed by atoms with Crippen molar-refractivity contribution in [2.24, 2.45) is 0 Å². The molecule has 5 nitrogen and oxygen atoms in total. The van der Waals surface area contributed by atoms with Gasteiger partial charge in [0, 0.05) is 17.8 Å². The van der Waals surface area contributed by atoms with E-state index in [-0.39, 0.29) is 24.1 Å². The Hall–Kier alpha value is -3.54. The summed E-state index contributed by atoms with van der Waals surface area (Å²) in [6.45, 7) is 2.25. The third kappa shape index (κ3) is 4.01. The molecule has 0 saturated carbocycles. The first-order chi connectivity index (χ1) is 14.0. The predicted molar refractivity (Wildman–Crippen MR) is 108 cm³/mol. The first kappa shape index (κ1) is 18.8. The molecule has 6 heteroatoms. The molecule has 0 saturated heterocycles. The Kier molecular flexibility index (Phi) is 5.08. The van der Waals surface area contributed by atoms with E-state index in [0.717, 1.165) is 11.3 Å². The van der Waals surface area contributed by atoms with Crippen molar-refractivity contribution in [2.75, 3.05) is 5.32 Å². The summed E-state index contributed by atoms with van der Waals surface area (Å²) in [5.41, 5.74) is 3.06. The molecule has 1 aliphatic heterocycles. The average molecular weight is 389 g/mol. The second kappa shape index (κ2) is 7.83. The highest BCUT2D eigenvalue weighted by molar-refractivity contribution is 5.99. The van der Waals surface area contributed by atoms with E-state index in [2.05, 4.69) is 10.3 Å². The molecule has 0 spiro atoms. The Morgan fingerprint density at radius 2 is 1.86 bits per heavy atom. The first-order valence-electron chi connectivity index (χ1n) is 9.39. The van der Waals surface area contributed by atoms with Crippen molar-refractivity contribution in [3.8, 4) is 0 Å². The number of pyridine rings is 1. The summed E-state index contributed by atoms with van der Waals surface area (Å²) < 4.78 is 13.4. The Bertz CT molecular complexity index is 1070. The molecule has 146 valence electrons. The predicted octanol–water partition coefficient (Wildman–Crippen LogP) is 4.26. The maximum Gasteiger partial charge on any atom is 0.255 e. The zero-order valence-corrected chi connectivity index (χ0v) is 15.9. The zero-order valence-electron chi connectivity index (χ0n) is 15.9. The van der Waals surface area contributed by atoms with Crippen molar-refractivity contribution in [1.82, 2.24) is 9.88 Å². The molecule has 1 atom stereocenters. The SMILES string of the molecule is Cc1cccc(NC(=O)CC(c2ccc(F)cc2)N2Cc3ccccc3C2=O)n1. The Labute approximate surface area is 168 Å². The average Bonchev–Trinajstić information content (AvgIpc) is 3.04. The smallest absolute Gasteiger partial charge is 0.255 e. The van der Waals surface area contributed by atoms with Crippen LogP contribution >= 0.6 is 0 Å². The van der Waals surface area contributed by atoms with Crippen molar-refractivity contribution < 1.29 is 14.0 Å². The summed E-state index contributed by atoms with van der Waals surface area (Å²) in [6.07, 6.45) is 0.0426. The molecular weight excluding hydrogens is 369 g/mol. The van der Waals surface area contributed by atoms with Gasteiger partial charge in [-0.25, -0.2) is 9.37 Å². The Balaban J connectivity index is 1.60. The summed E-state index contributed by atoms with van der Waals surface area (Å²) in [6, 6.07) is 18.2. The quantitative estimate of drug-likeness (QED) is 0.709. The molecule has 3 aromatic rings. The lowest BCUT2D eigenvalue weighted by molar-refractivity contribution is -0.117. The number of carbonyl (C=O) groups is 2. The molecular formula is C23H20FN3O2. The van der Waals surface area contributed by atoms with Crippen LogP contribution in [0.3, 0.4) is 0 Å². The monoisotopic (exact) mass is 389 g/mol. The maximum atomic E-state index is 13.4. The van der Waals surface area contributed by atoms with Crippen molar-refractivity contribution in [1.29, 1.82) is 0 Å². The topological polar surface area (TPSA) is 62.3 Å². The van der Waals surface area contributed by atoms with Crippen LogP contribution in [0.2, 0.25) is 0 Å². The minimum Gasteiger partial charge on any atom is -0.327 e. The van der Waals surface area contributed by atoms with Gasteiger partial charge in [0.1, 0.15) is 11.6 Å². The normalized spacial score (nSPS) is 13.9. The molecule has 2 heterocycles. The number of rotatable bonds is 5. The van der Waals surface area contributed by atoms with Crippen LogP contribution in [0.15, 0.2) is 66.7 Å². The van der Waals surface area contributed by atoms with Crippen molar-refractivity contribution >= 4 is 17.6 Å². The largest absolute Gasteiger partial charge is 0.327 e. The zero-order chi connectivity index (χ0) is 20.4. The van der Waals surface area contributed by atoms with Gasteiger partial charge in [-0.1, -0.05) is 36.4 Å². The molecule has 0 radical (unpaired) electrons. The molecule has 0 fully saturated rings. The van der Waals surface area contributed by atoms with Gasteiger partial charge in [-0.3, -0.25) is 9.59 Å². The number of benzene rings is 2. The summed E-state index contributed by atoms with van der Waals surface area (Å²) in [4.78, 5) is 31.7. The number of hydrogen-bond acceptors (Lipinski definition) is 3. The standard InChI is InChI=1S/C23H20FN3O2/c1-15-5-4-8-21(25-15)26-22(28)13-20(16-9-11-18(24)12-10-16)27-14-17-6-2-3-7-19(17)23(27)29/h2-12,20H,13-14H2,1H3,(H,25,26,28). The second-order valence-electron chi connectivity index (χ2n) is 7.07. The molecule has 1 N–H and O–H groups in total. The number of fused-ring (bicyclic) bond motifs is 1. The molecule has 0 aliphatic carbocycles. The molecule has 1 aromatic heterocycles. The van der Waals surface area contributed by atoms with E-state index in [4.69, 9.17) is 0 Å². The third-order valence-corrected chi connectivity index (χ3v) is 5.01. The summed E-state index contributed by atoms with van der Waals surface area (Å²) in [7, 11) is 0. The van der Waals surface area contributed by atoms with Gasteiger partial charge in [-0.15, -0.1) is 0 Å². The lowest BCUT2D eigenvalue weighted by Crippen LogP contribution is -2.32. The minimum absolute atomic E-state index is 0.0426. The van der Waals surface area contributed by atoms with E-state index in [9.17, 15) is 14.0 Å². The number of nitrogens with one attached hydrogen (secondary N) is 1. The van der Waals surface area contributed by atoms with Gasteiger partial charge in [-0.2, -0.15) is 0 Å². The molecule has 2 aromatic carbocycles. The van der Waals surface area contributed by atoms with E-state index in [1.165, 1.54) is 12.1 Å². The summed E-state index contributed by atoms with van der Waals surface area (Å²) in [5, 5.41) is 2.79. The van der Waals surface area contributed by atoms with Crippen molar-refractivity contribution in [3.05, 3.63) is 94.9 Å². The molecule has 2 amide bonds. The van der Waals surface area contributed by atoms with Crippen LogP contribution in [0.5, 0.6) is 0 Å². The number of hydrogen-bond donors (Lipinski definition) is 1. The number of anilines is 1. The fourth-order valence-electron chi connectivity index (χ4n) is 3.60. The number of amides is 2. The van der Waals surface area contributed by atoms with Crippen LogP contribution in [0, 0.1) is 12.7 Å². The highest BCUT2D eigenvalue weighted by Crippen LogP contribution is 2.33. The molecule has 29 heavy (non-hydrogen) atoms. The Morgan fingerprint density at radius 3 is 2.59 bits per heavy atom. The van der Waals surface area contributed by atoms with Gasteiger partial charge in [0.15, 0.2) is 0 Å². The molecule has 1 unspecified atom stereocenters. The van der Waals surface area contributed by atoms with Gasteiger partial charge < -0.3 is 10.2 Å². The first-order valence-corrected chi connectivity index (χ1v) is 9.39. The van der Waals surface area contributed by atoms with E-state index in [1.807, 2.05) is 37.3 Å². The van der Waals surface area contributed by atoms with Crippen LogP contribution in [-0.4, -0.2) is 21.7 Å². The number of aryl methyl sites for hydroxylation is 1. The maximum absolute atomic E-state index is 13.4. The fraction of sp³-hybridized carbons (Fsp3) is 0.174. The lowest BCUT2D eigenvalue weighted by Gasteiger charge is -2.28. The van der Waals surface area contributed by atoms with E-state index in [0.29, 0.717) is 23.5 Å². The van der Waals surface area contributed by atoms with E-state index in [1.54, 1.807) is 29.2 Å². The highest BCUT2D eigenvalue weighted by Gasteiger charge is 2.34. The number of nitrogens with zero attached hydrogens (tertiary/aromatic N) is 2. The van der Waals surface area contributed by atoms with E-state index < -0.39 is 6.04 Å². The second-order valence-corrected chi connectivity index (χ2v) is 7.07. The van der Waals surface area contributed by atoms with Crippen LogP contribution in [0.4, 0.5) is 10.2 Å². The molecule has 1 aliphatic rings. The Morgan fingerprint density at radius 1 is 1.10 bits per heavy atom. The molecule has 0 bridgehead atoms. The number of aromatic nitrogens is 1. The molecule has 4 rings (SSSR count). The van der Waals surface area contributed by atoms with Crippen molar-refractivity contribution in [3.63, 3.8) is 0 Å².